The molecular formula is C15H26N2O2. The minimum absolute atomic E-state index is 0.352. The molecule has 4 heteroatoms. The summed E-state index contributed by atoms with van der Waals surface area (Å²) in [6.45, 7) is 10.7. The molecule has 3 N–H and O–H groups in total. The SMILES string of the molecule is C=C1CC/C(=N/O)C(C)(NO)CCC2C1CC2(C)C. The van der Waals surface area contributed by atoms with Crippen LogP contribution in [-0.4, -0.2) is 21.7 Å². The molecule has 2 rings (SSSR count). The maximum absolute atomic E-state index is 9.46. The van der Waals surface area contributed by atoms with E-state index in [9.17, 15) is 10.4 Å². The molecule has 0 spiro atoms. The lowest BCUT2D eigenvalue weighted by molar-refractivity contribution is -0.00532. The fraction of sp³-hybridized carbons (Fsp3) is 0.800. The first kappa shape index (κ1) is 14.5. The minimum Gasteiger partial charge on any atom is -0.411 e. The second-order valence-corrected chi connectivity index (χ2v) is 7.09. The summed E-state index contributed by atoms with van der Waals surface area (Å²) in [4.78, 5) is 0. The number of nitrogens with one attached hydrogen (secondary N) is 1. The number of oxime groups is 1. The van der Waals surface area contributed by atoms with Gasteiger partial charge in [-0.1, -0.05) is 31.2 Å². The maximum Gasteiger partial charge on any atom is 0.0815 e. The van der Waals surface area contributed by atoms with Gasteiger partial charge in [0.1, 0.15) is 0 Å². The Morgan fingerprint density at radius 2 is 2.00 bits per heavy atom. The molecule has 0 aromatic rings. The molecule has 0 saturated heterocycles. The predicted octanol–water partition coefficient (Wildman–Crippen LogP) is 3.35. The van der Waals surface area contributed by atoms with Crippen LogP contribution in [0.4, 0.5) is 0 Å². The normalized spacial score (nSPS) is 40.8. The van der Waals surface area contributed by atoms with E-state index in [-0.39, 0.29) is 0 Å². The van der Waals surface area contributed by atoms with Gasteiger partial charge in [-0.2, -0.15) is 5.48 Å². The number of hydroxylamine groups is 1. The summed E-state index contributed by atoms with van der Waals surface area (Å²) >= 11 is 0. The van der Waals surface area contributed by atoms with Crippen LogP contribution in [0.15, 0.2) is 17.3 Å². The molecule has 0 radical (unpaired) electrons. The molecule has 108 valence electrons. The summed E-state index contributed by atoms with van der Waals surface area (Å²) in [5.74, 6) is 1.21. The van der Waals surface area contributed by atoms with Crippen molar-refractivity contribution in [2.75, 3.05) is 0 Å². The lowest BCUT2D eigenvalue weighted by Crippen LogP contribution is -2.49. The maximum atomic E-state index is 9.46. The second-order valence-electron chi connectivity index (χ2n) is 7.09. The smallest absolute Gasteiger partial charge is 0.0815 e. The summed E-state index contributed by atoms with van der Waals surface area (Å²) in [5.41, 5.74) is 3.97. The van der Waals surface area contributed by atoms with Crippen molar-refractivity contribution in [2.24, 2.45) is 22.4 Å². The van der Waals surface area contributed by atoms with Crippen LogP contribution in [0.1, 0.15) is 52.9 Å². The van der Waals surface area contributed by atoms with E-state index in [0.29, 0.717) is 29.4 Å². The number of rotatable bonds is 1. The van der Waals surface area contributed by atoms with Gasteiger partial charge in [0.15, 0.2) is 0 Å². The largest absolute Gasteiger partial charge is 0.411 e. The second kappa shape index (κ2) is 4.91. The Bertz CT molecular complexity index is 403. The van der Waals surface area contributed by atoms with Gasteiger partial charge in [-0.15, -0.1) is 0 Å². The van der Waals surface area contributed by atoms with Crippen molar-refractivity contribution in [2.45, 2.75) is 58.4 Å². The standard InChI is InChI=1S/C15H26N2O2/c1-10-5-6-13(16-18)15(4,17-19)8-7-12-11(10)9-14(12,2)3/h11-12,17-19H,1,5-9H2,2-4H3/b16-13-. The van der Waals surface area contributed by atoms with Gasteiger partial charge in [0.2, 0.25) is 0 Å². The highest BCUT2D eigenvalue weighted by Gasteiger charge is 2.49. The summed E-state index contributed by atoms with van der Waals surface area (Å²) in [6.07, 6.45) is 4.49. The highest BCUT2D eigenvalue weighted by atomic mass is 16.5. The lowest BCUT2D eigenvalue weighted by atomic mass is 9.52. The Morgan fingerprint density at radius 1 is 1.32 bits per heavy atom. The summed E-state index contributed by atoms with van der Waals surface area (Å²) in [6, 6.07) is 0. The Labute approximate surface area is 115 Å². The van der Waals surface area contributed by atoms with E-state index in [4.69, 9.17) is 0 Å². The van der Waals surface area contributed by atoms with Gasteiger partial charge in [-0.3, -0.25) is 0 Å². The van der Waals surface area contributed by atoms with Crippen molar-refractivity contribution >= 4 is 5.71 Å². The lowest BCUT2D eigenvalue weighted by Gasteiger charge is -2.53. The Hall–Kier alpha value is -0.870. The minimum atomic E-state index is -0.629. The number of fused-ring (bicyclic) bond motifs is 1. The average molecular weight is 266 g/mol. The molecule has 2 aliphatic carbocycles. The van der Waals surface area contributed by atoms with E-state index in [2.05, 4.69) is 31.1 Å². The third kappa shape index (κ3) is 2.43. The molecule has 0 aliphatic heterocycles. The van der Waals surface area contributed by atoms with E-state index in [1.807, 2.05) is 6.92 Å². The molecule has 2 aliphatic rings. The Kier molecular flexibility index (Phi) is 3.76. The van der Waals surface area contributed by atoms with Crippen LogP contribution in [0.2, 0.25) is 0 Å². The van der Waals surface area contributed by atoms with Crippen LogP contribution >= 0.6 is 0 Å². The molecule has 2 saturated carbocycles. The molecule has 4 nitrogen and oxygen atoms in total. The van der Waals surface area contributed by atoms with Gasteiger partial charge in [-0.25, -0.2) is 0 Å². The molecule has 3 unspecified atom stereocenters. The van der Waals surface area contributed by atoms with Crippen molar-refractivity contribution in [3.63, 3.8) is 0 Å². The first-order valence-electron chi connectivity index (χ1n) is 7.14. The van der Waals surface area contributed by atoms with Crippen LogP contribution in [0.25, 0.3) is 0 Å². The summed E-state index contributed by atoms with van der Waals surface area (Å²) in [7, 11) is 0. The Balaban J connectivity index is 2.24. The Morgan fingerprint density at radius 3 is 2.53 bits per heavy atom. The molecule has 0 aromatic carbocycles. The molecule has 3 atom stereocenters. The highest BCUT2D eigenvalue weighted by molar-refractivity contribution is 5.92. The van der Waals surface area contributed by atoms with Crippen LogP contribution in [-0.2, 0) is 0 Å². The highest BCUT2D eigenvalue weighted by Crippen LogP contribution is 2.56. The van der Waals surface area contributed by atoms with Gasteiger partial charge in [0.25, 0.3) is 0 Å². The number of hydrogen-bond donors (Lipinski definition) is 3. The van der Waals surface area contributed by atoms with Crippen molar-refractivity contribution in [3.8, 4) is 0 Å². The van der Waals surface area contributed by atoms with Gasteiger partial charge in [0.05, 0.1) is 11.3 Å². The predicted molar refractivity (Wildman–Crippen MR) is 75.5 cm³/mol. The first-order valence-corrected chi connectivity index (χ1v) is 7.14. The zero-order chi connectivity index (χ0) is 14.3. The average Bonchev–Trinajstić information content (AvgIpc) is 2.39. The van der Waals surface area contributed by atoms with Gasteiger partial charge < -0.3 is 10.4 Å². The first-order chi connectivity index (χ1) is 8.84. The zero-order valence-electron chi connectivity index (χ0n) is 12.2. The van der Waals surface area contributed by atoms with Crippen molar-refractivity contribution < 1.29 is 10.4 Å². The van der Waals surface area contributed by atoms with Crippen molar-refractivity contribution in [1.82, 2.24) is 5.48 Å². The van der Waals surface area contributed by atoms with Gasteiger partial charge >= 0.3 is 0 Å². The topological polar surface area (TPSA) is 64.9 Å². The monoisotopic (exact) mass is 266 g/mol. The fourth-order valence-corrected chi connectivity index (χ4v) is 3.87. The van der Waals surface area contributed by atoms with E-state index in [1.54, 1.807) is 0 Å². The van der Waals surface area contributed by atoms with Crippen LogP contribution < -0.4 is 5.48 Å². The third-order valence-corrected chi connectivity index (χ3v) is 5.40. The van der Waals surface area contributed by atoms with E-state index in [1.165, 1.54) is 12.0 Å². The third-order valence-electron chi connectivity index (χ3n) is 5.40. The number of allylic oxidation sites excluding steroid dienone is 1. The number of hydrogen-bond acceptors (Lipinski definition) is 4. The molecule has 0 bridgehead atoms. The molecule has 0 amide bonds. The molecule has 19 heavy (non-hydrogen) atoms. The number of nitrogens with zero attached hydrogens (tertiary/aromatic N) is 1. The van der Waals surface area contributed by atoms with E-state index in [0.717, 1.165) is 19.3 Å². The molecule has 2 fully saturated rings. The van der Waals surface area contributed by atoms with Gasteiger partial charge in [0, 0.05) is 0 Å². The van der Waals surface area contributed by atoms with Crippen molar-refractivity contribution in [1.29, 1.82) is 0 Å². The molecular weight excluding hydrogens is 240 g/mol. The van der Waals surface area contributed by atoms with Gasteiger partial charge in [-0.05, 0) is 56.3 Å². The van der Waals surface area contributed by atoms with Crippen LogP contribution in [0, 0.1) is 17.3 Å². The molecule has 0 heterocycles. The van der Waals surface area contributed by atoms with Crippen LogP contribution in [0.5, 0.6) is 0 Å². The van der Waals surface area contributed by atoms with Crippen LogP contribution in [0.3, 0.4) is 0 Å². The van der Waals surface area contributed by atoms with E-state index >= 15 is 0 Å². The quantitative estimate of drug-likeness (QED) is 0.387. The van der Waals surface area contributed by atoms with Crippen molar-refractivity contribution in [3.05, 3.63) is 12.2 Å². The fourth-order valence-electron chi connectivity index (χ4n) is 3.87. The molecule has 0 aromatic heterocycles. The summed E-state index contributed by atoms with van der Waals surface area (Å²) in [5, 5.41) is 22.1. The zero-order valence-corrected chi connectivity index (χ0v) is 12.2. The van der Waals surface area contributed by atoms with E-state index < -0.39 is 5.54 Å². The summed E-state index contributed by atoms with van der Waals surface area (Å²) < 4.78 is 0.